The van der Waals surface area contributed by atoms with Crippen LogP contribution >= 0.6 is 11.3 Å². The van der Waals surface area contributed by atoms with E-state index >= 15 is 0 Å². The molecule has 5 nitrogen and oxygen atoms in total. The Kier molecular flexibility index (Phi) is 5.56. The summed E-state index contributed by atoms with van der Waals surface area (Å²) >= 11 is 1.76. The van der Waals surface area contributed by atoms with Crippen LogP contribution in [0.1, 0.15) is 37.0 Å². The Hall–Kier alpha value is -1.40. The van der Waals surface area contributed by atoms with Gasteiger partial charge in [-0.1, -0.05) is 6.07 Å². The number of thiophene rings is 1. The zero-order valence-electron chi connectivity index (χ0n) is 14.4. The molecule has 2 aliphatic heterocycles. The lowest BCUT2D eigenvalue weighted by atomic mass is 9.86. The van der Waals surface area contributed by atoms with Crippen molar-refractivity contribution < 1.29 is 9.59 Å². The highest BCUT2D eigenvalue weighted by Crippen LogP contribution is 2.30. The van der Waals surface area contributed by atoms with Gasteiger partial charge in [0.05, 0.1) is 0 Å². The first-order chi connectivity index (χ1) is 11.6. The van der Waals surface area contributed by atoms with Crippen LogP contribution in [0.5, 0.6) is 0 Å². The van der Waals surface area contributed by atoms with Crippen molar-refractivity contribution in [2.24, 2.45) is 0 Å². The van der Waals surface area contributed by atoms with Crippen LogP contribution in [-0.2, 0) is 16.0 Å². The quantitative estimate of drug-likeness (QED) is 0.903. The number of carbonyl (C=O) groups is 2. The van der Waals surface area contributed by atoms with E-state index < -0.39 is 0 Å². The van der Waals surface area contributed by atoms with Crippen molar-refractivity contribution in [3.05, 3.63) is 22.4 Å². The number of piperazine rings is 1. The van der Waals surface area contributed by atoms with E-state index in [0.29, 0.717) is 19.4 Å². The van der Waals surface area contributed by atoms with Crippen molar-refractivity contribution in [1.29, 1.82) is 0 Å². The van der Waals surface area contributed by atoms with Crippen LogP contribution in [0.25, 0.3) is 0 Å². The predicted octanol–water partition coefficient (Wildman–Crippen LogP) is 1.88. The second kappa shape index (κ2) is 7.66. The number of likely N-dealkylation sites (N-methyl/N-ethyl adjacent to an activating group) is 1. The van der Waals surface area contributed by atoms with Crippen LogP contribution in [0.2, 0.25) is 0 Å². The molecule has 2 amide bonds. The van der Waals surface area contributed by atoms with Crippen LogP contribution in [0.3, 0.4) is 0 Å². The monoisotopic (exact) mass is 349 g/mol. The minimum atomic E-state index is -0.0409. The molecule has 0 saturated carbocycles. The van der Waals surface area contributed by atoms with E-state index in [0.717, 1.165) is 45.3 Å². The Labute approximate surface area is 148 Å². The maximum absolute atomic E-state index is 12.6. The molecule has 2 saturated heterocycles. The first-order valence-electron chi connectivity index (χ1n) is 8.87. The number of hydrogen-bond acceptors (Lipinski definition) is 4. The Morgan fingerprint density at radius 3 is 3.04 bits per heavy atom. The molecule has 1 aromatic heterocycles. The van der Waals surface area contributed by atoms with E-state index in [1.54, 1.807) is 11.3 Å². The lowest BCUT2D eigenvalue weighted by Crippen LogP contribution is -2.62. The van der Waals surface area contributed by atoms with Gasteiger partial charge in [0.1, 0.15) is 0 Å². The number of aryl methyl sites for hydroxylation is 1. The van der Waals surface area contributed by atoms with Crippen molar-refractivity contribution in [3.63, 3.8) is 0 Å². The Morgan fingerprint density at radius 1 is 1.38 bits per heavy atom. The van der Waals surface area contributed by atoms with Crippen LogP contribution < -0.4 is 5.32 Å². The van der Waals surface area contributed by atoms with Crippen molar-refractivity contribution in [2.45, 2.75) is 44.1 Å². The smallest absolute Gasteiger partial charge is 0.222 e. The lowest BCUT2D eigenvalue weighted by Gasteiger charge is -2.49. The number of hydrogen-bond donors (Lipinski definition) is 1. The molecule has 24 heavy (non-hydrogen) atoms. The molecule has 2 fully saturated rings. The zero-order valence-corrected chi connectivity index (χ0v) is 15.2. The fraction of sp³-hybridized carbons (Fsp3) is 0.667. The Balaban J connectivity index is 1.55. The van der Waals surface area contributed by atoms with E-state index in [4.69, 9.17) is 0 Å². The number of rotatable bonds is 4. The van der Waals surface area contributed by atoms with E-state index in [-0.39, 0.29) is 17.4 Å². The van der Waals surface area contributed by atoms with Gasteiger partial charge in [-0.2, -0.15) is 0 Å². The van der Waals surface area contributed by atoms with Gasteiger partial charge in [-0.15, -0.1) is 11.3 Å². The van der Waals surface area contributed by atoms with E-state index in [1.165, 1.54) is 4.88 Å². The molecule has 1 spiro atoms. The normalized spacial score (nSPS) is 25.5. The molecule has 3 rings (SSSR count). The summed E-state index contributed by atoms with van der Waals surface area (Å²) in [4.78, 5) is 30.1. The molecule has 0 unspecified atom stereocenters. The second-order valence-corrected chi connectivity index (χ2v) is 8.03. The molecule has 132 valence electrons. The minimum absolute atomic E-state index is 0.0409. The molecular formula is C18H27N3O2S. The molecule has 1 atom stereocenters. The summed E-state index contributed by atoms with van der Waals surface area (Å²) in [6, 6.07) is 4.20. The first kappa shape index (κ1) is 17.4. The van der Waals surface area contributed by atoms with Gasteiger partial charge in [-0.3, -0.25) is 14.5 Å². The summed E-state index contributed by atoms with van der Waals surface area (Å²) in [6.07, 6.45) is 4.85. The summed E-state index contributed by atoms with van der Waals surface area (Å²) in [5.74, 6) is 0.405. The van der Waals surface area contributed by atoms with Gasteiger partial charge >= 0.3 is 0 Å². The van der Waals surface area contributed by atoms with E-state index in [2.05, 4.69) is 34.8 Å². The lowest BCUT2D eigenvalue weighted by molar-refractivity contribution is -0.137. The molecule has 1 aromatic rings. The fourth-order valence-electron chi connectivity index (χ4n) is 3.84. The first-order valence-corrected chi connectivity index (χ1v) is 9.75. The molecule has 1 N–H and O–H groups in total. The van der Waals surface area contributed by atoms with E-state index in [9.17, 15) is 9.59 Å². The third-order valence-corrected chi connectivity index (χ3v) is 6.41. The van der Waals surface area contributed by atoms with Crippen LogP contribution in [0, 0.1) is 0 Å². The second-order valence-electron chi connectivity index (χ2n) is 6.99. The maximum atomic E-state index is 12.6. The van der Waals surface area contributed by atoms with Gasteiger partial charge < -0.3 is 10.2 Å². The topological polar surface area (TPSA) is 52.6 Å². The van der Waals surface area contributed by atoms with Crippen LogP contribution in [0.15, 0.2) is 17.5 Å². The largest absolute Gasteiger partial charge is 0.356 e. The van der Waals surface area contributed by atoms with Crippen molar-refractivity contribution in [3.8, 4) is 0 Å². The van der Waals surface area contributed by atoms with Crippen LogP contribution in [-0.4, -0.2) is 60.4 Å². The highest BCUT2D eigenvalue weighted by molar-refractivity contribution is 7.09. The predicted molar refractivity (Wildman–Crippen MR) is 96.1 cm³/mol. The summed E-state index contributed by atoms with van der Waals surface area (Å²) in [5, 5.41) is 5.05. The molecular weight excluding hydrogens is 322 g/mol. The third kappa shape index (κ3) is 3.98. The van der Waals surface area contributed by atoms with Gasteiger partial charge in [0, 0.05) is 49.4 Å². The molecule has 3 heterocycles. The van der Waals surface area contributed by atoms with Crippen LogP contribution in [0.4, 0.5) is 0 Å². The average Bonchev–Trinajstić information content (AvgIpc) is 3.01. The summed E-state index contributed by atoms with van der Waals surface area (Å²) in [7, 11) is 2.13. The SMILES string of the molecule is CN1CCN(C(=O)CCCc2cccs2)C[C@@]12CCNC(=O)CC2. The fourth-order valence-corrected chi connectivity index (χ4v) is 4.59. The summed E-state index contributed by atoms with van der Waals surface area (Å²) in [5.41, 5.74) is -0.0409. The molecule has 0 bridgehead atoms. The average molecular weight is 350 g/mol. The molecule has 6 heteroatoms. The highest BCUT2D eigenvalue weighted by Gasteiger charge is 2.41. The van der Waals surface area contributed by atoms with Crippen molar-refractivity contribution in [2.75, 3.05) is 33.2 Å². The standard InChI is InChI=1S/C18H27N3O2S/c1-20-11-12-21(14-18(20)8-7-16(22)19-10-9-18)17(23)6-2-4-15-5-3-13-24-15/h3,5,13H,2,4,6-12,14H2,1H3,(H,19,22)/t18-/m1/s1. The van der Waals surface area contributed by atoms with Gasteiger partial charge in [0.2, 0.25) is 11.8 Å². The number of carbonyl (C=O) groups excluding carboxylic acids is 2. The summed E-state index contributed by atoms with van der Waals surface area (Å²) < 4.78 is 0. The Morgan fingerprint density at radius 2 is 2.25 bits per heavy atom. The number of nitrogens with one attached hydrogen (secondary N) is 1. The van der Waals surface area contributed by atoms with Crippen molar-refractivity contribution in [1.82, 2.24) is 15.1 Å². The van der Waals surface area contributed by atoms with Gasteiger partial charge in [-0.25, -0.2) is 0 Å². The molecule has 0 aromatic carbocycles. The Bertz CT molecular complexity index is 575. The molecule has 0 radical (unpaired) electrons. The van der Waals surface area contributed by atoms with Crippen molar-refractivity contribution >= 4 is 23.2 Å². The van der Waals surface area contributed by atoms with Gasteiger partial charge in [0.15, 0.2) is 0 Å². The molecule has 0 aliphatic carbocycles. The van der Waals surface area contributed by atoms with Gasteiger partial charge in [-0.05, 0) is 44.2 Å². The number of amides is 2. The third-order valence-electron chi connectivity index (χ3n) is 5.48. The summed E-state index contributed by atoms with van der Waals surface area (Å²) in [6.45, 7) is 3.17. The zero-order chi connectivity index (χ0) is 17.0. The minimum Gasteiger partial charge on any atom is -0.356 e. The molecule has 2 aliphatic rings. The van der Waals surface area contributed by atoms with Gasteiger partial charge in [0.25, 0.3) is 0 Å². The maximum Gasteiger partial charge on any atom is 0.222 e. The number of nitrogens with zero attached hydrogens (tertiary/aromatic N) is 2. The highest BCUT2D eigenvalue weighted by atomic mass is 32.1. The van der Waals surface area contributed by atoms with E-state index in [1.807, 2.05) is 4.90 Å².